The zero-order valence-electron chi connectivity index (χ0n) is 13.5. The summed E-state index contributed by atoms with van der Waals surface area (Å²) in [5.41, 5.74) is 10.1. The van der Waals surface area contributed by atoms with Gasteiger partial charge in [-0.25, -0.2) is 4.98 Å². The Morgan fingerprint density at radius 1 is 1.08 bits per heavy atom. The first-order chi connectivity index (χ1) is 12.1. The molecule has 2 aromatic carbocycles. The average Bonchev–Trinajstić information content (AvgIpc) is 2.95. The van der Waals surface area contributed by atoms with Gasteiger partial charge in [0.1, 0.15) is 6.20 Å². The maximum atomic E-state index is 10.9. The number of nitrogens with two attached hydrogens (primary N) is 1. The van der Waals surface area contributed by atoms with Gasteiger partial charge in [-0.05, 0) is 22.3 Å². The summed E-state index contributed by atoms with van der Waals surface area (Å²) in [6, 6.07) is 16.3. The highest BCUT2D eigenvalue weighted by atomic mass is 16.6. The number of rotatable bonds is 3. The number of aromatic nitrogens is 2. The van der Waals surface area contributed by atoms with Crippen molar-refractivity contribution in [2.75, 3.05) is 17.7 Å². The molecule has 0 spiro atoms. The number of anilines is 2. The molecule has 124 valence electrons. The van der Waals surface area contributed by atoms with Gasteiger partial charge in [-0.2, -0.15) is 4.98 Å². The third-order valence-corrected chi connectivity index (χ3v) is 4.49. The molecule has 1 aliphatic carbocycles. The quantitative estimate of drug-likeness (QED) is 0.584. The van der Waals surface area contributed by atoms with E-state index in [-0.39, 0.29) is 17.5 Å². The van der Waals surface area contributed by atoms with E-state index in [1.165, 1.54) is 11.1 Å². The van der Waals surface area contributed by atoms with E-state index in [1.54, 1.807) is 0 Å². The van der Waals surface area contributed by atoms with E-state index in [4.69, 9.17) is 5.73 Å². The van der Waals surface area contributed by atoms with Crippen molar-refractivity contribution in [2.24, 2.45) is 0 Å². The van der Waals surface area contributed by atoms with Crippen molar-refractivity contribution in [1.29, 1.82) is 0 Å². The third kappa shape index (κ3) is 2.28. The van der Waals surface area contributed by atoms with Gasteiger partial charge in [0.2, 0.25) is 11.8 Å². The summed E-state index contributed by atoms with van der Waals surface area (Å²) >= 11 is 0. The molecule has 0 radical (unpaired) electrons. The number of nitrogens with zero attached hydrogens (tertiary/aromatic N) is 4. The van der Waals surface area contributed by atoms with Gasteiger partial charge in [0.05, 0.1) is 11.0 Å². The minimum atomic E-state index is -0.584. The van der Waals surface area contributed by atoms with Crippen molar-refractivity contribution >= 4 is 17.5 Å². The predicted octanol–water partition coefficient (Wildman–Crippen LogP) is 3.17. The Labute approximate surface area is 143 Å². The van der Waals surface area contributed by atoms with Crippen molar-refractivity contribution in [3.63, 3.8) is 0 Å². The molecule has 0 unspecified atom stereocenters. The molecule has 0 saturated heterocycles. The highest BCUT2D eigenvalue weighted by molar-refractivity contribution is 5.80. The number of nitro groups is 1. The number of nitrogen functional groups attached to an aromatic ring is 1. The molecule has 0 fully saturated rings. The van der Waals surface area contributed by atoms with Crippen LogP contribution in [0.15, 0.2) is 54.7 Å². The first kappa shape index (κ1) is 15.1. The van der Waals surface area contributed by atoms with Crippen LogP contribution >= 0.6 is 0 Å². The van der Waals surface area contributed by atoms with Crippen molar-refractivity contribution < 1.29 is 4.92 Å². The zero-order valence-corrected chi connectivity index (χ0v) is 13.5. The molecule has 7 nitrogen and oxygen atoms in total. The van der Waals surface area contributed by atoms with E-state index in [1.807, 2.05) is 36.2 Å². The average molecular weight is 333 g/mol. The Balaban J connectivity index is 1.82. The number of fused-ring (bicyclic) bond motifs is 3. The smallest absolute Gasteiger partial charge is 0.329 e. The monoisotopic (exact) mass is 333 g/mol. The number of benzene rings is 2. The normalized spacial score (nSPS) is 12.5. The van der Waals surface area contributed by atoms with Gasteiger partial charge in [-0.3, -0.25) is 10.1 Å². The van der Waals surface area contributed by atoms with Crippen LogP contribution in [0, 0.1) is 10.1 Å². The number of hydrogen-bond donors (Lipinski definition) is 1. The minimum Gasteiger partial charge on any atom is -0.378 e. The molecule has 25 heavy (non-hydrogen) atoms. The maximum Gasteiger partial charge on any atom is 0.329 e. The van der Waals surface area contributed by atoms with Crippen LogP contribution in [0.4, 0.5) is 17.5 Å². The standard InChI is InChI=1S/C18H15N5O2/c1-22(18-20-10-15(23(24)25)17(19)21-18)16-13-8-4-2-6-11(13)12-7-3-5-9-14(12)16/h2-10,16H,1H3,(H2,19,20,21). The van der Waals surface area contributed by atoms with Crippen LogP contribution in [0.5, 0.6) is 0 Å². The lowest BCUT2D eigenvalue weighted by molar-refractivity contribution is -0.384. The molecule has 4 rings (SSSR count). The molecule has 7 heteroatoms. The summed E-state index contributed by atoms with van der Waals surface area (Å²) in [4.78, 5) is 20.5. The Hall–Kier alpha value is -3.48. The zero-order chi connectivity index (χ0) is 17.6. The van der Waals surface area contributed by atoms with E-state index < -0.39 is 4.92 Å². The predicted molar refractivity (Wildman–Crippen MR) is 95.2 cm³/mol. The van der Waals surface area contributed by atoms with Gasteiger partial charge in [-0.15, -0.1) is 0 Å². The van der Waals surface area contributed by atoms with Gasteiger partial charge in [0.25, 0.3) is 0 Å². The van der Waals surface area contributed by atoms with Gasteiger partial charge in [-0.1, -0.05) is 48.5 Å². The molecular formula is C18H15N5O2. The van der Waals surface area contributed by atoms with E-state index in [2.05, 4.69) is 34.2 Å². The lowest BCUT2D eigenvalue weighted by Gasteiger charge is -2.26. The topological polar surface area (TPSA) is 98.2 Å². The SMILES string of the molecule is CN(c1ncc([N+](=O)[O-])c(N)n1)C1c2ccccc2-c2ccccc21. The molecule has 0 atom stereocenters. The summed E-state index contributed by atoms with van der Waals surface area (Å²) in [6.07, 6.45) is 1.15. The van der Waals surface area contributed by atoms with Crippen molar-refractivity contribution in [2.45, 2.75) is 6.04 Å². The van der Waals surface area contributed by atoms with Crippen LogP contribution in [0.1, 0.15) is 17.2 Å². The highest BCUT2D eigenvalue weighted by Gasteiger charge is 2.32. The van der Waals surface area contributed by atoms with E-state index in [0.29, 0.717) is 5.95 Å². The second-order valence-corrected chi connectivity index (χ2v) is 5.89. The van der Waals surface area contributed by atoms with Crippen LogP contribution in [0.25, 0.3) is 11.1 Å². The van der Waals surface area contributed by atoms with Gasteiger partial charge in [0, 0.05) is 7.05 Å². The first-order valence-corrected chi connectivity index (χ1v) is 7.76. The largest absolute Gasteiger partial charge is 0.378 e. The summed E-state index contributed by atoms with van der Waals surface area (Å²) in [5.74, 6) is 0.209. The molecular weight excluding hydrogens is 318 g/mol. The Morgan fingerprint density at radius 3 is 2.16 bits per heavy atom. The molecule has 1 heterocycles. The minimum absolute atomic E-state index is 0.0757. The van der Waals surface area contributed by atoms with Gasteiger partial charge >= 0.3 is 5.69 Å². The third-order valence-electron chi connectivity index (χ3n) is 4.49. The fourth-order valence-corrected chi connectivity index (χ4v) is 3.35. The number of hydrogen-bond acceptors (Lipinski definition) is 6. The van der Waals surface area contributed by atoms with Crippen molar-refractivity contribution in [3.05, 3.63) is 76.0 Å². The fourth-order valence-electron chi connectivity index (χ4n) is 3.35. The Morgan fingerprint density at radius 2 is 1.64 bits per heavy atom. The summed E-state index contributed by atoms with van der Waals surface area (Å²) in [7, 11) is 1.87. The second kappa shape index (κ2) is 5.55. The van der Waals surface area contributed by atoms with E-state index in [9.17, 15) is 10.1 Å². The lowest BCUT2D eigenvalue weighted by atomic mass is 10.0. The molecule has 0 aliphatic heterocycles. The molecule has 2 N–H and O–H groups in total. The fraction of sp³-hybridized carbons (Fsp3) is 0.111. The van der Waals surface area contributed by atoms with Crippen LogP contribution in [0.3, 0.4) is 0 Å². The Kier molecular flexibility index (Phi) is 3.35. The molecule has 1 aliphatic rings. The summed E-state index contributed by atoms with van der Waals surface area (Å²) < 4.78 is 0. The maximum absolute atomic E-state index is 10.9. The molecule has 0 amide bonds. The van der Waals surface area contributed by atoms with Crippen LogP contribution in [-0.4, -0.2) is 21.9 Å². The summed E-state index contributed by atoms with van der Waals surface area (Å²) in [5, 5.41) is 10.9. The first-order valence-electron chi connectivity index (χ1n) is 7.76. The van der Waals surface area contributed by atoms with E-state index >= 15 is 0 Å². The van der Waals surface area contributed by atoms with Gasteiger partial charge < -0.3 is 10.6 Å². The van der Waals surface area contributed by atoms with Crippen LogP contribution in [-0.2, 0) is 0 Å². The van der Waals surface area contributed by atoms with Crippen LogP contribution in [0.2, 0.25) is 0 Å². The van der Waals surface area contributed by atoms with Crippen molar-refractivity contribution in [3.8, 4) is 11.1 Å². The second-order valence-electron chi connectivity index (χ2n) is 5.89. The Bertz CT molecular complexity index is 943. The van der Waals surface area contributed by atoms with E-state index in [0.717, 1.165) is 17.3 Å². The summed E-state index contributed by atoms with van der Waals surface area (Å²) in [6.45, 7) is 0. The molecule has 0 bridgehead atoms. The molecule has 1 aromatic heterocycles. The molecule has 3 aromatic rings. The highest BCUT2D eigenvalue weighted by Crippen LogP contribution is 2.46. The van der Waals surface area contributed by atoms with Crippen LogP contribution < -0.4 is 10.6 Å². The van der Waals surface area contributed by atoms with Gasteiger partial charge in [0.15, 0.2) is 0 Å². The van der Waals surface area contributed by atoms with Crippen molar-refractivity contribution in [1.82, 2.24) is 9.97 Å². The lowest BCUT2D eigenvalue weighted by Crippen LogP contribution is -2.25. The molecule has 0 saturated carbocycles.